The van der Waals surface area contributed by atoms with Crippen LogP contribution in [0.3, 0.4) is 0 Å². The zero-order valence-corrected chi connectivity index (χ0v) is 9.62. The van der Waals surface area contributed by atoms with Gasteiger partial charge in [0, 0.05) is 0 Å². The Balaban J connectivity index is 0.000000404. The van der Waals surface area contributed by atoms with Crippen LogP contribution >= 0.6 is 0 Å². The average Bonchev–Trinajstić information content (AvgIpc) is 2.56. The predicted octanol–water partition coefficient (Wildman–Crippen LogP) is 3.03. The number of benzene rings is 1. The first-order chi connectivity index (χ1) is 7.32. The molecule has 2 nitrogen and oxygen atoms in total. The van der Waals surface area contributed by atoms with Crippen molar-refractivity contribution in [2.24, 2.45) is 0 Å². The van der Waals surface area contributed by atoms with Crippen LogP contribution in [0, 0.1) is 0 Å². The van der Waals surface area contributed by atoms with E-state index in [1.165, 1.54) is 11.1 Å². The van der Waals surface area contributed by atoms with Crippen LogP contribution in [0.15, 0.2) is 24.3 Å². The molecule has 82 valence electrons. The van der Waals surface area contributed by atoms with Gasteiger partial charge in [0.25, 0.3) is 0 Å². The molecule has 1 fully saturated rings. The normalized spacial score (nSPS) is 25.1. The van der Waals surface area contributed by atoms with E-state index in [0.717, 1.165) is 0 Å². The maximum atomic E-state index is 5.93. The van der Waals surface area contributed by atoms with Crippen LogP contribution in [0.5, 0.6) is 0 Å². The summed E-state index contributed by atoms with van der Waals surface area (Å²) >= 11 is 0. The van der Waals surface area contributed by atoms with Crippen molar-refractivity contribution in [3.63, 3.8) is 0 Å². The molecule has 1 atom stereocenters. The zero-order valence-electron chi connectivity index (χ0n) is 9.62. The monoisotopic (exact) mass is 206 g/mol. The van der Waals surface area contributed by atoms with Gasteiger partial charge in [0.05, 0.1) is 19.3 Å². The Morgan fingerprint density at radius 1 is 1.20 bits per heavy atom. The summed E-state index contributed by atoms with van der Waals surface area (Å²) in [4.78, 5) is 0. The van der Waals surface area contributed by atoms with Crippen LogP contribution in [0.1, 0.15) is 38.0 Å². The van der Waals surface area contributed by atoms with Crippen LogP contribution in [0.25, 0.3) is 0 Å². The Hall–Kier alpha value is -0.860. The van der Waals surface area contributed by atoms with Crippen LogP contribution in [-0.2, 0) is 15.1 Å². The third kappa shape index (κ3) is 1.48. The molecule has 15 heavy (non-hydrogen) atoms. The molecular formula is C13H18O2. The van der Waals surface area contributed by atoms with Crippen molar-refractivity contribution in [1.29, 1.82) is 0 Å². The summed E-state index contributed by atoms with van der Waals surface area (Å²) in [5, 5.41) is 0. The molecule has 0 saturated carbocycles. The summed E-state index contributed by atoms with van der Waals surface area (Å²) in [6.07, 6.45) is 0.222. The maximum absolute atomic E-state index is 5.93. The summed E-state index contributed by atoms with van der Waals surface area (Å²) in [5.74, 6) is 0. The Labute approximate surface area is 91.2 Å². The summed E-state index contributed by atoms with van der Waals surface area (Å²) < 4.78 is 11.2. The van der Waals surface area contributed by atoms with Crippen molar-refractivity contribution >= 4 is 0 Å². The molecule has 2 heteroatoms. The first-order valence-corrected chi connectivity index (χ1v) is 5.67. The maximum Gasteiger partial charge on any atom is 0.141 e. The van der Waals surface area contributed by atoms with E-state index in [9.17, 15) is 0 Å². The second-order valence-electron chi connectivity index (χ2n) is 3.83. The second-order valence-corrected chi connectivity index (χ2v) is 3.83. The van der Waals surface area contributed by atoms with Gasteiger partial charge in [-0.1, -0.05) is 38.1 Å². The standard InChI is InChI=1S/C11H12O2.C2H6/c1-8-9-4-2-3-5-10(9)11(13-8)6-12-7-11;1-2/h2-5,8H,6-7H2,1H3;1-2H3. The van der Waals surface area contributed by atoms with Gasteiger partial charge >= 0.3 is 0 Å². The van der Waals surface area contributed by atoms with E-state index < -0.39 is 0 Å². The minimum atomic E-state index is -0.101. The van der Waals surface area contributed by atoms with Gasteiger partial charge in [-0.15, -0.1) is 0 Å². The third-order valence-electron chi connectivity index (χ3n) is 2.96. The van der Waals surface area contributed by atoms with E-state index in [1.807, 2.05) is 13.8 Å². The van der Waals surface area contributed by atoms with E-state index in [-0.39, 0.29) is 11.7 Å². The van der Waals surface area contributed by atoms with Gasteiger partial charge in [0.15, 0.2) is 0 Å². The van der Waals surface area contributed by atoms with Crippen molar-refractivity contribution in [1.82, 2.24) is 0 Å². The molecule has 0 bridgehead atoms. The average molecular weight is 206 g/mol. The SMILES string of the molecule is CC.CC1OC2(COC2)c2ccccc21. The summed E-state index contributed by atoms with van der Waals surface area (Å²) in [6.45, 7) is 7.54. The first-order valence-electron chi connectivity index (χ1n) is 5.67. The second kappa shape index (κ2) is 3.95. The van der Waals surface area contributed by atoms with Crippen molar-refractivity contribution in [2.45, 2.75) is 32.5 Å². The molecule has 1 aromatic carbocycles. The van der Waals surface area contributed by atoms with Crippen LogP contribution < -0.4 is 0 Å². The highest BCUT2D eigenvalue weighted by atomic mass is 16.6. The van der Waals surface area contributed by atoms with Gasteiger partial charge in [-0.25, -0.2) is 0 Å². The first kappa shape index (κ1) is 10.7. The Kier molecular flexibility index (Phi) is 2.81. The number of rotatable bonds is 0. The fourth-order valence-electron chi connectivity index (χ4n) is 2.24. The molecule has 1 unspecified atom stereocenters. The molecule has 1 spiro atoms. The van der Waals surface area contributed by atoms with E-state index in [4.69, 9.17) is 9.47 Å². The molecule has 0 N–H and O–H groups in total. The molecule has 3 rings (SSSR count). The van der Waals surface area contributed by atoms with Crippen molar-refractivity contribution in [2.75, 3.05) is 13.2 Å². The Morgan fingerprint density at radius 3 is 2.47 bits per heavy atom. The number of hydrogen-bond acceptors (Lipinski definition) is 2. The molecular weight excluding hydrogens is 188 g/mol. The predicted molar refractivity (Wildman–Crippen MR) is 59.8 cm³/mol. The van der Waals surface area contributed by atoms with Crippen LogP contribution in [-0.4, -0.2) is 13.2 Å². The highest BCUT2D eigenvalue weighted by Crippen LogP contribution is 2.47. The van der Waals surface area contributed by atoms with Gasteiger partial charge in [-0.3, -0.25) is 0 Å². The molecule has 2 heterocycles. The Bertz CT molecular complexity index is 342. The minimum Gasteiger partial charge on any atom is -0.375 e. The smallest absolute Gasteiger partial charge is 0.141 e. The van der Waals surface area contributed by atoms with Crippen molar-refractivity contribution in [3.05, 3.63) is 35.4 Å². The molecule has 1 saturated heterocycles. The quantitative estimate of drug-likeness (QED) is 0.649. The minimum absolute atomic E-state index is 0.101. The lowest BCUT2D eigenvalue weighted by molar-refractivity contribution is -0.222. The molecule has 0 amide bonds. The summed E-state index contributed by atoms with van der Waals surface area (Å²) in [7, 11) is 0. The van der Waals surface area contributed by atoms with E-state index in [0.29, 0.717) is 13.2 Å². The van der Waals surface area contributed by atoms with Crippen molar-refractivity contribution in [3.8, 4) is 0 Å². The summed E-state index contributed by atoms with van der Waals surface area (Å²) in [6, 6.07) is 8.44. The molecule has 2 aliphatic rings. The molecule has 1 aromatic rings. The van der Waals surface area contributed by atoms with Crippen LogP contribution in [0.4, 0.5) is 0 Å². The van der Waals surface area contributed by atoms with E-state index in [1.54, 1.807) is 0 Å². The zero-order chi connectivity index (χ0) is 10.9. The van der Waals surface area contributed by atoms with Crippen LogP contribution in [0.2, 0.25) is 0 Å². The third-order valence-corrected chi connectivity index (χ3v) is 2.96. The Morgan fingerprint density at radius 2 is 1.87 bits per heavy atom. The fraction of sp³-hybridized carbons (Fsp3) is 0.538. The number of hydrogen-bond donors (Lipinski definition) is 0. The fourth-order valence-corrected chi connectivity index (χ4v) is 2.24. The number of ether oxygens (including phenoxy) is 2. The largest absolute Gasteiger partial charge is 0.375 e. The van der Waals surface area contributed by atoms with Gasteiger partial charge in [0.2, 0.25) is 0 Å². The van der Waals surface area contributed by atoms with Gasteiger partial charge in [0.1, 0.15) is 5.60 Å². The highest BCUT2D eigenvalue weighted by Gasteiger charge is 2.49. The highest BCUT2D eigenvalue weighted by molar-refractivity contribution is 5.39. The summed E-state index contributed by atoms with van der Waals surface area (Å²) in [5.41, 5.74) is 2.55. The topological polar surface area (TPSA) is 18.5 Å². The van der Waals surface area contributed by atoms with Gasteiger partial charge < -0.3 is 9.47 Å². The van der Waals surface area contributed by atoms with E-state index in [2.05, 4.69) is 31.2 Å². The molecule has 0 radical (unpaired) electrons. The lowest BCUT2D eigenvalue weighted by Crippen LogP contribution is -2.46. The van der Waals surface area contributed by atoms with Crippen molar-refractivity contribution < 1.29 is 9.47 Å². The molecule has 0 aromatic heterocycles. The molecule has 0 aliphatic carbocycles. The number of fused-ring (bicyclic) bond motifs is 2. The lowest BCUT2D eigenvalue weighted by atomic mass is 9.90. The van der Waals surface area contributed by atoms with Gasteiger partial charge in [-0.05, 0) is 18.1 Å². The molecule has 2 aliphatic heterocycles. The van der Waals surface area contributed by atoms with Gasteiger partial charge in [-0.2, -0.15) is 0 Å². The van der Waals surface area contributed by atoms with E-state index >= 15 is 0 Å². The lowest BCUT2D eigenvalue weighted by Gasteiger charge is -2.38.